The van der Waals surface area contributed by atoms with Gasteiger partial charge in [-0.3, -0.25) is 9.78 Å². The number of aryl methyl sites for hydroxylation is 2. The number of rotatable bonds is 3. The lowest BCUT2D eigenvalue weighted by Crippen LogP contribution is -2.27. The van der Waals surface area contributed by atoms with Gasteiger partial charge >= 0.3 is 0 Å². The number of amides is 1. The molecule has 0 aliphatic heterocycles. The van der Waals surface area contributed by atoms with E-state index in [9.17, 15) is 4.79 Å². The topological polar surface area (TPSA) is 42.0 Å². The number of benzene rings is 1. The van der Waals surface area contributed by atoms with E-state index in [1.807, 2.05) is 6.92 Å². The first kappa shape index (κ1) is 13.3. The molecule has 2 rings (SSSR count). The molecule has 1 heterocycles. The summed E-state index contributed by atoms with van der Waals surface area (Å²) in [5.74, 6) is -0.0733. The van der Waals surface area contributed by atoms with E-state index in [2.05, 4.69) is 42.3 Å². The summed E-state index contributed by atoms with van der Waals surface area (Å²) in [7, 11) is 0. The minimum atomic E-state index is -0.0733. The number of aromatic nitrogens is 1. The summed E-state index contributed by atoms with van der Waals surface area (Å²) >= 11 is 0. The van der Waals surface area contributed by atoms with Crippen molar-refractivity contribution in [3.63, 3.8) is 0 Å². The van der Waals surface area contributed by atoms with E-state index >= 15 is 0 Å². The van der Waals surface area contributed by atoms with E-state index in [1.165, 1.54) is 11.1 Å². The molecule has 2 aromatic rings. The minimum absolute atomic E-state index is 0.0134. The molecule has 1 aromatic heterocycles. The molecule has 0 saturated carbocycles. The molecule has 0 spiro atoms. The number of hydrogen-bond acceptors (Lipinski definition) is 2. The van der Waals surface area contributed by atoms with Gasteiger partial charge in [-0.15, -0.1) is 0 Å². The van der Waals surface area contributed by atoms with Gasteiger partial charge in [-0.2, -0.15) is 0 Å². The minimum Gasteiger partial charge on any atom is -0.346 e. The highest BCUT2D eigenvalue weighted by molar-refractivity contribution is 5.94. The van der Waals surface area contributed by atoms with Crippen molar-refractivity contribution in [3.05, 3.63) is 65.0 Å². The van der Waals surface area contributed by atoms with E-state index in [0.717, 1.165) is 5.56 Å². The lowest BCUT2D eigenvalue weighted by Gasteiger charge is -2.17. The molecule has 98 valence electrons. The third-order valence-electron chi connectivity index (χ3n) is 3.19. The van der Waals surface area contributed by atoms with Crippen molar-refractivity contribution in [2.75, 3.05) is 0 Å². The fraction of sp³-hybridized carbons (Fsp3) is 0.250. The van der Waals surface area contributed by atoms with Gasteiger partial charge in [-0.25, -0.2) is 0 Å². The SMILES string of the molecule is Cc1ccc(C)c([C@@H](C)NC(=O)c2ccncc2)c1. The first-order chi connectivity index (χ1) is 9.08. The smallest absolute Gasteiger partial charge is 0.251 e. The predicted molar refractivity (Wildman–Crippen MR) is 76.0 cm³/mol. The Kier molecular flexibility index (Phi) is 3.95. The van der Waals surface area contributed by atoms with Gasteiger partial charge in [-0.05, 0) is 44.0 Å². The Morgan fingerprint density at radius 3 is 2.53 bits per heavy atom. The van der Waals surface area contributed by atoms with Crippen molar-refractivity contribution < 1.29 is 4.79 Å². The molecule has 0 aliphatic carbocycles. The molecule has 0 fully saturated rings. The maximum absolute atomic E-state index is 12.1. The Labute approximate surface area is 113 Å². The van der Waals surface area contributed by atoms with Crippen molar-refractivity contribution in [1.82, 2.24) is 10.3 Å². The molecule has 1 atom stereocenters. The third kappa shape index (κ3) is 3.19. The zero-order valence-corrected chi connectivity index (χ0v) is 11.5. The Bertz CT molecular complexity index is 579. The van der Waals surface area contributed by atoms with Gasteiger partial charge in [0.25, 0.3) is 5.91 Å². The molecule has 0 saturated heterocycles. The molecule has 0 bridgehead atoms. The zero-order chi connectivity index (χ0) is 13.8. The van der Waals surface area contributed by atoms with Gasteiger partial charge in [0.05, 0.1) is 6.04 Å². The lowest BCUT2D eigenvalue weighted by molar-refractivity contribution is 0.0939. The third-order valence-corrected chi connectivity index (χ3v) is 3.19. The van der Waals surface area contributed by atoms with E-state index in [0.29, 0.717) is 5.56 Å². The molecule has 0 aliphatic rings. The van der Waals surface area contributed by atoms with E-state index < -0.39 is 0 Å². The van der Waals surface area contributed by atoms with Crippen LogP contribution in [0.2, 0.25) is 0 Å². The average molecular weight is 254 g/mol. The summed E-state index contributed by atoms with van der Waals surface area (Å²) in [6.07, 6.45) is 3.25. The predicted octanol–water partition coefficient (Wildman–Crippen LogP) is 3.19. The molecule has 1 aromatic carbocycles. The standard InChI is InChI=1S/C16H18N2O/c1-11-4-5-12(2)15(10-11)13(3)18-16(19)14-6-8-17-9-7-14/h4-10,13H,1-3H3,(H,18,19)/t13-/m1/s1. The van der Waals surface area contributed by atoms with Crippen molar-refractivity contribution in [2.45, 2.75) is 26.8 Å². The zero-order valence-electron chi connectivity index (χ0n) is 11.5. The van der Waals surface area contributed by atoms with Gasteiger partial charge in [0, 0.05) is 18.0 Å². The molecular weight excluding hydrogens is 236 g/mol. The Balaban J connectivity index is 2.15. The van der Waals surface area contributed by atoms with Crippen LogP contribution in [0.4, 0.5) is 0 Å². The summed E-state index contributed by atoms with van der Waals surface area (Å²) in [6, 6.07) is 9.69. The second-order valence-corrected chi connectivity index (χ2v) is 4.79. The van der Waals surface area contributed by atoms with E-state index in [1.54, 1.807) is 24.5 Å². The Morgan fingerprint density at radius 2 is 1.84 bits per heavy atom. The van der Waals surface area contributed by atoms with Gasteiger partial charge in [0.15, 0.2) is 0 Å². The normalized spacial score (nSPS) is 11.9. The quantitative estimate of drug-likeness (QED) is 0.914. The summed E-state index contributed by atoms with van der Waals surface area (Å²) in [5, 5.41) is 3.01. The van der Waals surface area contributed by atoms with Gasteiger partial charge in [-0.1, -0.05) is 23.8 Å². The summed E-state index contributed by atoms with van der Waals surface area (Å²) in [5.41, 5.74) is 4.17. The van der Waals surface area contributed by atoms with Crippen LogP contribution >= 0.6 is 0 Å². The van der Waals surface area contributed by atoms with Crippen molar-refractivity contribution in [1.29, 1.82) is 0 Å². The van der Waals surface area contributed by atoms with Gasteiger partial charge < -0.3 is 5.32 Å². The molecule has 0 radical (unpaired) electrons. The molecule has 3 nitrogen and oxygen atoms in total. The average Bonchev–Trinajstić information content (AvgIpc) is 2.42. The number of hydrogen-bond donors (Lipinski definition) is 1. The van der Waals surface area contributed by atoms with Gasteiger partial charge in [0.1, 0.15) is 0 Å². The Morgan fingerprint density at radius 1 is 1.16 bits per heavy atom. The van der Waals surface area contributed by atoms with Crippen molar-refractivity contribution in [3.8, 4) is 0 Å². The van der Waals surface area contributed by atoms with Crippen LogP contribution in [0, 0.1) is 13.8 Å². The number of pyridine rings is 1. The highest BCUT2D eigenvalue weighted by Crippen LogP contribution is 2.19. The van der Waals surface area contributed by atoms with Crippen LogP contribution < -0.4 is 5.32 Å². The molecule has 0 unspecified atom stereocenters. The van der Waals surface area contributed by atoms with E-state index in [4.69, 9.17) is 0 Å². The lowest BCUT2D eigenvalue weighted by atomic mass is 10.00. The largest absolute Gasteiger partial charge is 0.346 e. The fourth-order valence-electron chi connectivity index (χ4n) is 2.09. The van der Waals surface area contributed by atoms with Crippen molar-refractivity contribution >= 4 is 5.91 Å². The molecule has 3 heteroatoms. The number of carbonyl (C=O) groups excluding carboxylic acids is 1. The number of nitrogens with zero attached hydrogens (tertiary/aromatic N) is 1. The second kappa shape index (κ2) is 5.65. The summed E-state index contributed by atoms with van der Waals surface area (Å²) in [6.45, 7) is 6.12. The summed E-state index contributed by atoms with van der Waals surface area (Å²) in [4.78, 5) is 16.0. The maximum atomic E-state index is 12.1. The number of nitrogens with one attached hydrogen (secondary N) is 1. The molecule has 19 heavy (non-hydrogen) atoms. The maximum Gasteiger partial charge on any atom is 0.251 e. The highest BCUT2D eigenvalue weighted by atomic mass is 16.1. The van der Waals surface area contributed by atoms with Crippen LogP contribution in [0.25, 0.3) is 0 Å². The molecule has 1 N–H and O–H groups in total. The monoisotopic (exact) mass is 254 g/mol. The van der Waals surface area contributed by atoms with Crippen LogP contribution in [0.15, 0.2) is 42.7 Å². The second-order valence-electron chi connectivity index (χ2n) is 4.79. The van der Waals surface area contributed by atoms with E-state index in [-0.39, 0.29) is 11.9 Å². The molecule has 1 amide bonds. The first-order valence-corrected chi connectivity index (χ1v) is 6.36. The van der Waals surface area contributed by atoms with Crippen molar-refractivity contribution in [2.24, 2.45) is 0 Å². The Hall–Kier alpha value is -2.16. The van der Waals surface area contributed by atoms with Crippen LogP contribution in [-0.2, 0) is 0 Å². The van der Waals surface area contributed by atoms with Gasteiger partial charge in [0.2, 0.25) is 0 Å². The van der Waals surface area contributed by atoms with Crippen LogP contribution in [-0.4, -0.2) is 10.9 Å². The molecular formula is C16H18N2O. The number of carbonyl (C=O) groups is 1. The van der Waals surface area contributed by atoms with Crippen LogP contribution in [0.1, 0.15) is 40.0 Å². The summed E-state index contributed by atoms with van der Waals surface area (Å²) < 4.78 is 0. The highest BCUT2D eigenvalue weighted by Gasteiger charge is 2.13. The van der Waals surface area contributed by atoms with Crippen LogP contribution in [0.5, 0.6) is 0 Å². The van der Waals surface area contributed by atoms with Crippen LogP contribution in [0.3, 0.4) is 0 Å². The first-order valence-electron chi connectivity index (χ1n) is 6.36. The fourth-order valence-corrected chi connectivity index (χ4v) is 2.09.